The Bertz CT molecular complexity index is 1130. The summed E-state index contributed by atoms with van der Waals surface area (Å²) < 4.78 is 45.9. The van der Waals surface area contributed by atoms with Gasteiger partial charge in [0.2, 0.25) is 11.8 Å². The fourth-order valence-corrected chi connectivity index (χ4v) is 2.90. The number of H-pyrrole nitrogens is 1. The van der Waals surface area contributed by atoms with Crippen LogP contribution in [0.4, 0.5) is 19.1 Å². The first-order chi connectivity index (χ1) is 13.4. The molecule has 4 aromatic heterocycles. The summed E-state index contributed by atoms with van der Waals surface area (Å²) in [5.74, 6) is 0.0643. The van der Waals surface area contributed by atoms with Gasteiger partial charge in [-0.15, -0.1) is 0 Å². The smallest absolute Gasteiger partial charge is 0.408 e. The summed E-state index contributed by atoms with van der Waals surface area (Å²) in [6.07, 6.45) is 0.848. The fourth-order valence-electron chi connectivity index (χ4n) is 2.90. The Balaban J connectivity index is 1.81. The van der Waals surface area contributed by atoms with Crippen LogP contribution in [0.15, 0.2) is 36.8 Å². The molecule has 0 spiro atoms. The van der Waals surface area contributed by atoms with Crippen molar-refractivity contribution in [3.05, 3.63) is 36.8 Å². The van der Waals surface area contributed by atoms with Crippen LogP contribution in [0.5, 0.6) is 5.88 Å². The van der Waals surface area contributed by atoms with Crippen molar-refractivity contribution in [2.24, 2.45) is 0 Å². The third-order valence-electron chi connectivity index (χ3n) is 4.33. The largest absolute Gasteiger partial charge is 0.477 e. The van der Waals surface area contributed by atoms with E-state index in [1.807, 2.05) is 24.4 Å². The van der Waals surface area contributed by atoms with Crippen molar-refractivity contribution >= 4 is 22.5 Å². The maximum absolute atomic E-state index is 12.9. The van der Waals surface area contributed by atoms with Crippen LogP contribution in [0.2, 0.25) is 0 Å². The molecule has 7 nitrogen and oxygen atoms in total. The van der Waals surface area contributed by atoms with Crippen LogP contribution in [-0.2, 0) is 0 Å². The molecular formula is C18H17F3N6O. The highest BCUT2D eigenvalue weighted by Crippen LogP contribution is 2.35. The number of rotatable bonds is 5. The fraction of sp³-hybridized carbons (Fsp3) is 0.278. The Labute approximate surface area is 157 Å². The average molecular weight is 390 g/mol. The predicted molar refractivity (Wildman–Crippen MR) is 98.4 cm³/mol. The molecule has 0 unspecified atom stereocenters. The van der Waals surface area contributed by atoms with Crippen molar-refractivity contribution in [2.75, 3.05) is 11.9 Å². The van der Waals surface area contributed by atoms with E-state index in [4.69, 9.17) is 4.74 Å². The minimum atomic E-state index is -4.41. The van der Waals surface area contributed by atoms with Crippen molar-refractivity contribution < 1.29 is 17.9 Å². The minimum absolute atomic E-state index is 0.152. The number of fused-ring (bicyclic) bond motifs is 2. The van der Waals surface area contributed by atoms with Crippen LogP contribution < -0.4 is 10.1 Å². The number of pyridine rings is 1. The number of anilines is 1. The SMILES string of the molecule is CCOc1nc(N[C@H](C)C(F)(F)F)nc2[nH]cc(-c3ccn4nccc4c3)c12. The second-order valence-electron chi connectivity index (χ2n) is 6.24. The second-order valence-corrected chi connectivity index (χ2v) is 6.24. The molecule has 2 N–H and O–H groups in total. The van der Waals surface area contributed by atoms with E-state index in [2.05, 4.69) is 25.4 Å². The van der Waals surface area contributed by atoms with Crippen LogP contribution >= 0.6 is 0 Å². The van der Waals surface area contributed by atoms with Gasteiger partial charge >= 0.3 is 6.18 Å². The van der Waals surface area contributed by atoms with Crippen LogP contribution in [-0.4, -0.2) is 43.4 Å². The van der Waals surface area contributed by atoms with Gasteiger partial charge in [0.05, 0.1) is 17.5 Å². The quantitative estimate of drug-likeness (QED) is 0.538. The molecule has 4 heterocycles. The number of ether oxygens (including phenoxy) is 1. The Hall–Kier alpha value is -3.30. The molecule has 10 heteroatoms. The number of alkyl halides is 3. The molecule has 0 saturated heterocycles. The van der Waals surface area contributed by atoms with Crippen LogP contribution in [0.1, 0.15) is 13.8 Å². The molecule has 0 aliphatic rings. The Kier molecular flexibility index (Phi) is 4.33. The van der Waals surface area contributed by atoms with Gasteiger partial charge in [-0.3, -0.25) is 0 Å². The maximum atomic E-state index is 12.9. The molecule has 0 aliphatic carbocycles. The molecule has 0 aliphatic heterocycles. The molecule has 4 aromatic rings. The zero-order valence-corrected chi connectivity index (χ0v) is 15.1. The van der Waals surface area contributed by atoms with E-state index in [1.54, 1.807) is 23.8 Å². The van der Waals surface area contributed by atoms with E-state index in [9.17, 15) is 13.2 Å². The number of hydrogen-bond donors (Lipinski definition) is 2. The summed E-state index contributed by atoms with van der Waals surface area (Å²) in [7, 11) is 0. The molecule has 4 rings (SSSR count). The average Bonchev–Trinajstić information content (AvgIpc) is 3.27. The molecule has 146 valence electrons. The number of nitrogens with zero attached hydrogens (tertiary/aromatic N) is 4. The van der Waals surface area contributed by atoms with E-state index in [0.717, 1.165) is 23.6 Å². The van der Waals surface area contributed by atoms with E-state index in [0.29, 0.717) is 17.6 Å². The van der Waals surface area contributed by atoms with Gasteiger partial charge in [-0.1, -0.05) is 0 Å². The topological polar surface area (TPSA) is 80.1 Å². The monoisotopic (exact) mass is 390 g/mol. The zero-order valence-electron chi connectivity index (χ0n) is 15.1. The first-order valence-corrected chi connectivity index (χ1v) is 8.65. The van der Waals surface area contributed by atoms with Crippen molar-refractivity contribution in [1.29, 1.82) is 0 Å². The lowest BCUT2D eigenvalue weighted by Gasteiger charge is -2.17. The summed E-state index contributed by atoms with van der Waals surface area (Å²) in [4.78, 5) is 11.4. The molecule has 1 atom stereocenters. The number of aromatic amines is 1. The molecular weight excluding hydrogens is 373 g/mol. The molecule has 0 saturated carbocycles. The summed E-state index contributed by atoms with van der Waals surface area (Å²) in [5, 5.41) is 7.06. The van der Waals surface area contributed by atoms with Gasteiger partial charge in [0, 0.05) is 24.2 Å². The van der Waals surface area contributed by atoms with Gasteiger partial charge < -0.3 is 15.0 Å². The molecule has 0 aromatic carbocycles. The molecule has 0 amide bonds. The van der Waals surface area contributed by atoms with Crippen LogP contribution in [0.25, 0.3) is 27.7 Å². The van der Waals surface area contributed by atoms with Crippen molar-refractivity contribution in [1.82, 2.24) is 24.6 Å². The summed E-state index contributed by atoms with van der Waals surface area (Å²) in [5.41, 5.74) is 2.97. The van der Waals surface area contributed by atoms with Gasteiger partial charge in [-0.05, 0) is 37.6 Å². The van der Waals surface area contributed by atoms with E-state index >= 15 is 0 Å². The first kappa shape index (κ1) is 18.1. The lowest BCUT2D eigenvalue weighted by molar-refractivity contribution is -0.138. The summed E-state index contributed by atoms with van der Waals surface area (Å²) in [6.45, 7) is 3.10. The first-order valence-electron chi connectivity index (χ1n) is 8.65. The van der Waals surface area contributed by atoms with E-state index < -0.39 is 12.2 Å². The number of hydrogen-bond acceptors (Lipinski definition) is 5. The van der Waals surface area contributed by atoms with Crippen molar-refractivity contribution in [2.45, 2.75) is 26.1 Å². The number of halogens is 3. The van der Waals surface area contributed by atoms with Gasteiger partial charge in [0.25, 0.3) is 0 Å². The van der Waals surface area contributed by atoms with Gasteiger partial charge in [-0.25, -0.2) is 4.52 Å². The Morgan fingerprint density at radius 1 is 1.29 bits per heavy atom. The highest BCUT2D eigenvalue weighted by molar-refractivity contribution is 5.98. The Morgan fingerprint density at radius 2 is 2.11 bits per heavy atom. The summed E-state index contributed by atoms with van der Waals surface area (Å²) in [6, 6.07) is 3.91. The number of aromatic nitrogens is 5. The zero-order chi connectivity index (χ0) is 19.9. The third-order valence-corrected chi connectivity index (χ3v) is 4.33. The third kappa shape index (κ3) is 3.21. The normalized spacial score (nSPS) is 13.2. The van der Waals surface area contributed by atoms with E-state index in [-0.39, 0.29) is 11.8 Å². The molecule has 28 heavy (non-hydrogen) atoms. The lowest BCUT2D eigenvalue weighted by atomic mass is 10.1. The van der Waals surface area contributed by atoms with Crippen LogP contribution in [0.3, 0.4) is 0 Å². The maximum Gasteiger partial charge on any atom is 0.408 e. The standard InChI is InChI=1S/C18H17F3N6O/c1-3-28-16-14-13(11-5-7-27-12(8-11)4-6-23-27)9-22-15(14)25-17(26-16)24-10(2)18(19,20)21/h4-10H,3H2,1-2H3,(H2,22,24,25,26)/t10-/m1/s1. The molecule has 0 bridgehead atoms. The van der Waals surface area contributed by atoms with Gasteiger partial charge in [0.15, 0.2) is 0 Å². The minimum Gasteiger partial charge on any atom is -0.477 e. The van der Waals surface area contributed by atoms with Crippen LogP contribution in [0, 0.1) is 0 Å². The van der Waals surface area contributed by atoms with Gasteiger partial charge in [0.1, 0.15) is 11.7 Å². The highest BCUT2D eigenvalue weighted by atomic mass is 19.4. The lowest BCUT2D eigenvalue weighted by Crippen LogP contribution is -2.33. The molecule has 0 fully saturated rings. The van der Waals surface area contributed by atoms with Gasteiger partial charge in [-0.2, -0.15) is 28.2 Å². The van der Waals surface area contributed by atoms with Crippen molar-refractivity contribution in [3.63, 3.8) is 0 Å². The molecule has 0 radical (unpaired) electrons. The number of nitrogens with one attached hydrogen (secondary N) is 2. The van der Waals surface area contributed by atoms with Crippen molar-refractivity contribution in [3.8, 4) is 17.0 Å². The predicted octanol–water partition coefficient (Wildman–Crippen LogP) is 4.03. The second kappa shape index (κ2) is 6.70. The summed E-state index contributed by atoms with van der Waals surface area (Å²) >= 11 is 0. The Morgan fingerprint density at radius 3 is 2.86 bits per heavy atom. The van der Waals surface area contributed by atoms with E-state index in [1.165, 1.54) is 0 Å². The highest BCUT2D eigenvalue weighted by Gasteiger charge is 2.36.